The van der Waals surface area contributed by atoms with Crippen LogP contribution < -0.4 is 16.8 Å². The monoisotopic (exact) mass is 267 g/mol. The summed E-state index contributed by atoms with van der Waals surface area (Å²) in [5.74, 6) is 0.586. The third-order valence-corrected chi connectivity index (χ3v) is 3.96. The first-order valence-electron chi connectivity index (χ1n) is 5.86. The van der Waals surface area contributed by atoms with Crippen LogP contribution in [0.25, 0.3) is 0 Å². The molecule has 0 radical (unpaired) electrons. The number of aromatic nitrogens is 1. The lowest BCUT2D eigenvalue weighted by Gasteiger charge is -2.07. The van der Waals surface area contributed by atoms with Gasteiger partial charge >= 0.3 is 0 Å². The second-order valence-electron chi connectivity index (χ2n) is 4.41. The van der Waals surface area contributed by atoms with Gasteiger partial charge in [-0.05, 0) is 19.3 Å². The van der Waals surface area contributed by atoms with Crippen molar-refractivity contribution < 1.29 is 4.79 Å². The molecule has 0 aromatic carbocycles. The first-order chi connectivity index (χ1) is 8.60. The van der Waals surface area contributed by atoms with E-state index in [4.69, 9.17) is 11.5 Å². The SMILES string of the molecule is CNC(=O)C1CCC(c2csc(N=C(N)N)n2)C1. The van der Waals surface area contributed by atoms with Crippen molar-refractivity contribution in [2.24, 2.45) is 22.4 Å². The summed E-state index contributed by atoms with van der Waals surface area (Å²) >= 11 is 1.42. The first-order valence-corrected chi connectivity index (χ1v) is 6.74. The number of rotatable bonds is 3. The van der Waals surface area contributed by atoms with E-state index in [0.29, 0.717) is 11.0 Å². The van der Waals surface area contributed by atoms with Crippen molar-refractivity contribution >= 4 is 28.3 Å². The largest absolute Gasteiger partial charge is 0.370 e. The molecule has 0 saturated heterocycles. The zero-order valence-corrected chi connectivity index (χ0v) is 11.0. The van der Waals surface area contributed by atoms with Crippen LogP contribution in [0.1, 0.15) is 30.9 Å². The van der Waals surface area contributed by atoms with Crippen LogP contribution in [-0.4, -0.2) is 23.9 Å². The lowest BCUT2D eigenvalue weighted by Crippen LogP contribution is -2.25. The highest BCUT2D eigenvalue weighted by atomic mass is 32.1. The van der Waals surface area contributed by atoms with Crippen LogP contribution in [0.15, 0.2) is 10.4 Å². The fourth-order valence-corrected chi connectivity index (χ4v) is 3.11. The lowest BCUT2D eigenvalue weighted by atomic mass is 10.0. The summed E-state index contributed by atoms with van der Waals surface area (Å²) in [5.41, 5.74) is 11.6. The van der Waals surface area contributed by atoms with Crippen LogP contribution in [0.5, 0.6) is 0 Å². The van der Waals surface area contributed by atoms with Crippen LogP contribution in [0.3, 0.4) is 0 Å². The Bertz CT molecular complexity index is 466. The molecule has 1 aromatic heterocycles. The molecule has 7 heteroatoms. The number of carbonyl (C=O) groups excluding carboxylic acids is 1. The quantitative estimate of drug-likeness (QED) is 0.553. The number of amides is 1. The van der Waals surface area contributed by atoms with Crippen LogP contribution in [0, 0.1) is 5.92 Å². The van der Waals surface area contributed by atoms with E-state index in [1.165, 1.54) is 11.3 Å². The molecule has 6 nitrogen and oxygen atoms in total. The topological polar surface area (TPSA) is 106 Å². The standard InChI is InChI=1S/C11H17N5OS/c1-14-9(17)7-3-2-6(4-7)8-5-18-11(15-8)16-10(12)13/h5-7H,2-4H2,1H3,(H,14,17)(H4,12,13,15,16). The van der Waals surface area contributed by atoms with E-state index >= 15 is 0 Å². The van der Waals surface area contributed by atoms with Crippen LogP contribution in [-0.2, 0) is 4.79 Å². The Morgan fingerprint density at radius 2 is 2.33 bits per heavy atom. The Hall–Kier alpha value is -1.63. The molecule has 18 heavy (non-hydrogen) atoms. The molecule has 2 atom stereocenters. The van der Waals surface area contributed by atoms with Crippen molar-refractivity contribution in [2.45, 2.75) is 25.2 Å². The normalized spacial score (nSPS) is 22.7. The van der Waals surface area contributed by atoms with Crippen LogP contribution in [0.2, 0.25) is 0 Å². The average Bonchev–Trinajstić information content (AvgIpc) is 2.95. The minimum Gasteiger partial charge on any atom is -0.370 e. The number of nitrogens with zero attached hydrogens (tertiary/aromatic N) is 2. The van der Waals surface area contributed by atoms with Gasteiger partial charge in [0.15, 0.2) is 5.96 Å². The second-order valence-corrected chi connectivity index (χ2v) is 5.25. The van der Waals surface area contributed by atoms with Gasteiger partial charge < -0.3 is 16.8 Å². The second kappa shape index (κ2) is 5.34. The molecule has 0 spiro atoms. The predicted molar refractivity (Wildman–Crippen MR) is 71.7 cm³/mol. The van der Waals surface area contributed by atoms with E-state index in [2.05, 4.69) is 15.3 Å². The van der Waals surface area contributed by atoms with E-state index in [9.17, 15) is 4.79 Å². The maximum Gasteiger partial charge on any atom is 0.222 e. The molecule has 98 valence electrons. The van der Waals surface area contributed by atoms with Crippen molar-refractivity contribution in [3.05, 3.63) is 11.1 Å². The Kier molecular flexibility index (Phi) is 3.81. The highest BCUT2D eigenvalue weighted by molar-refractivity contribution is 7.13. The van der Waals surface area contributed by atoms with Crippen LogP contribution >= 0.6 is 11.3 Å². The van der Waals surface area contributed by atoms with Gasteiger partial charge in [0.05, 0.1) is 5.69 Å². The van der Waals surface area contributed by atoms with Gasteiger partial charge in [-0.15, -0.1) is 11.3 Å². The lowest BCUT2D eigenvalue weighted by molar-refractivity contribution is -0.124. The molecule has 2 unspecified atom stereocenters. The summed E-state index contributed by atoms with van der Waals surface area (Å²) < 4.78 is 0. The summed E-state index contributed by atoms with van der Waals surface area (Å²) in [4.78, 5) is 19.9. The van der Waals surface area contributed by atoms with Gasteiger partial charge in [-0.1, -0.05) is 0 Å². The molecule has 5 N–H and O–H groups in total. The number of carbonyl (C=O) groups is 1. The maximum absolute atomic E-state index is 11.6. The van der Waals surface area contributed by atoms with Crippen molar-refractivity contribution in [2.75, 3.05) is 7.05 Å². The molecule has 1 amide bonds. The third-order valence-electron chi connectivity index (χ3n) is 3.20. The highest BCUT2D eigenvalue weighted by Crippen LogP contribution is 2.39. The Morgan fingerprint density at radius 3 is 3.00 bits per heavy atom. The third kappa shape index (κ3) is 2.79. The maximum atomic E-state index is 11.6. The zero-order valence-electron chi connectivity index (χ0n) is 10.2. The smallest absolute Gasteiger partial charge is 0.222 e. The Morgan fingerprint density at radius 1 is 1.56 bits per heavy atom. The molecule has 1 saturated carbocycles. The molecule has 0 aliphatic heterocycles. The average molecular weight is 267 g/mol. The molecular formula is C11H17N5OS. The molecule has 1 aliphatic rings. The Balaban J connectivity index is 2.03. The van der Waals surface area contributed by atoms with Gasteiger partial charge in [0.1, 0.15) is 0 Å². The summed E-state index contributed by atoms with van der Waals surface area (Å²) in [6.45, 7) is 0. The molecule has 1 heterocycles. The first kappa shape index (κ1) is 12.8. The molecule has 1 aromatic rings. The number of nitrogens with two attached hydrogens (primary N) is 2. The zero-order chi connectivity index (χ0) is 13.1. The minimum atomic E-state index is 0.0190. The van der Waals surface area contributed by atoms with Gasteiger partial charge in [0, 0.05) is 24.3 Å². The number of aliphatic imine (C=N–C) groups is 1. The van der Waals surface area contributed by atoms with Gasteiger partial charge in [0.2, 0.25) is 11.0 Å². The number of hydrogen-bond acceptors (Lipinski definition) is 4. The highest BCUT2D eigenvalue weighted by Gasteiger charge is 2.31. The number of guanidine groups is 1. The van der Waals surface area contributed by atoms with Gasteiger partial charge in [-0.3, -0.25) is 4.79 Å². The van der Waals surface area contributed by atoms with E-state index < -0.39 is 0 Å². The van der Waals surface area contributed by atoms with E-state index in [1.54, 1.807) is 7.05 Å². The molecule has 1 aliphatic carbocycles. The summed E-state index contributed by atoms with van der Waals surface area (Å²) in [6.07, 6.45) is 2.76. The summed E-state index contributed by atoms with van der Waals surface area (Å²) in [6, 6.07) is 0. The molecule has 0 bridgehead atoms. The number of thiazole rings is 1. The fourth-order valence-electron chi connectivity index (χ4n) is 2.32. The Labute approximate surface area is 109 Å². The molecule has 2 rings (SSSR count). The molecule has 1 fully saturated rings. The van der Waals surface area contributed by atoms with E-state index in [-0.39, 0.29) is 17.8 Å². The predicted octanol–water partition coefficient (Wildman–Crippen LogP) is 0.678. The minimum absolute atomic E-state index is 0.0190. The van der Waals surface area contributed by atoms with Gasteiger partial charge in [-0.25, -0.2) is 4.98 Å². The van der Waals surface area contributed by atoms with Gasteiger partial charge in [-0.2, -0.15) is 4.99 Å². The van der Waals surface area contributed by atoms with Crippen molar-refractivity contribution in [1.82, 2.24) is 10.3 Å². The number of nitrogens with one attached hydrogen (secondary N) is 1. The van der Waals surface area contributed by atoms with Crippen molar-refractivity contribution in [1.29, 1.82) is 0 Å². The van der Waals surface area contributed by atoms with E-state index in [0.717, 1.165) is 25.0 Å². The van der Waals surface area contributed by atoms with Crippen molar-refractivity contribution in [3.63, 3.8) is 0 Å². The summed E-state index contributed by atoms with van der Waals surface area (Å²) in [7, 11) is 1.68. The fraction of sp³-hybridized carbons (Fsp3) is 0.545. The van der Waals surface area contributed by atoms with Crippen LogP contribution in [0.4, 0.5) is 5.13 Å². The number of hydrogen-bond donors (Lipinski definition) is 3. The summed E-state index contributed by atoms with van der Waals surface area (Å²) in [5, 5.41) is 5.25. The van der Waals surface area contributed by atoms with Crippen molar-refractivity contribution in [3.8, 4) is 0 Å². The van der Waals surface area contributed by atoms with Gasteiger partial charge in [0.25, 0.3) is 0 Å². The molecular weight excluding hydrogens is 250 g/mol. The van der Waals surface area contributed by atoms with E-state index in [1.807, 2.05) is 5.38 Å².